The Morgan fingerprint density at radius 1 is 1.13 bits per heavy atom. The summed E-state index contributed by atoms with van der Waals surface area (Å²) in [6.45, 7) is 4.40. The van der Waals surface area contributed by atoms with Gasteiger partial charge in [-0.15, -0.1) is 0 Å². The number of fused-ring (bicyclic) bond motifs is 2. The number of oxazole rings is 1. The van der Waals surface area contributed by atoms with Crippen LogP contribution in [0.3, 0.4) is 0 Å². The molecule has 13 nitrogen and oxygen atoms in total. The van der Waals surface area contributed by atoms with Crippen LogP contribution in [0.1, 0.15) is 34.3 Å². The van der Waals surface area contributed by atoms with Crippen molar-refractivity contribution in [3.63, 3.8) is 0 Å². The van der Waals surface area contributed by atoms with Gasteiger partial charge in [-0.1, -0.05) is 18.1 Å². The third-order valence-electron chi connectivity index (χ3n) is 7.69. The number of imidazole rings is 1. The SMILES string of the molecule is CNC(=O)[C@H]1O[C@@H](n2cnc3c(NCc4cc(I)c5oc(N(C)C)nc5c4)nc(C#Cc4cccc(C)c4C)nc32)[C@@H](O)C1O. The fourth-order valence-corrected chi connectivity index (χ4v) is 5.84. The highest BCUT2D eigenvalue weighted by molar-refractivity contribution is 14.1. The molecule has 14 heteroatoms. The highest BCUT2D eigenvalue weighted by Gasteiger charge is 2.47. The van der Waals surface area contributed by atoms with Gasteiger partial charge < -0.3 is 34.9 Å². The Labute approximate surface area is 272 Å². The Balaban J connectivity index is 1.40. The predicted molar refractivity (Wildman–Crippen MR) is 176 cm³/mol. The van der Waals surface area contributed by atoms with E-state index >= 15 is 0 Å². The Bertz CT molecular complexity index is 1990. The smallest absolute Gasteiger partial charge is 0.297 e. The standard InChI is InChI=1S/C31H31IN8O5/c1-15-7-6-8-18(16(15)2)9-10-21-37-27(34-13-17-11-19(32)25-20(12-17)36-31(45-25)39(4)5)22-28(38-21)40(14-35-22)30-24(42)23(41)26(44-30)29(43)33-3/h6-8,11-12,14,23-24,26,30,41-42H,13H2,1-5H3,(H,33,43)(H,34,37,38)/t23?,24-,26-,30+/m0/s1. The fourth-order valence-electron chi connectivity index (χ4n) is 5.05. The Kier molecular flexibility index (Phi) is 8.35. The summed E-state index contributed by atoms with van der Waals surface area (Å²) in [5.74, 6) is 6.31. The molecule has 1 unspecified atom stereocenters. The molecule has 1 saturated heterocycles. The van der Waals surface area contributed by atoms with Gasteiger partial charge in [0.1, 0.15) is 17.7 Å². The largest absolute Gasteiger partial charge is 0.422 e. The zero-order valence-electron chi connectivity index (χ0n) is 25.2. The van der Waals surface area contributed by atoms with E-state index in [1.807, 2.05) is 63.2 Å². The summed E-state index contributed by atoms with van der Waals surface area (Å²) in [6.07, 6.45) is -3.82. The number of likely N-dealkylation sites (N-methyl/N-ethyl adjacent to an activating group) is 1. The molecule has 2 aromatic carbocycles. The average molecular weight is 723 g/mol. The van der Waals surface area contributed by atoms with Crippen LogP contribution >= 0.6 is 22.6 Å². The van der Waals surface area contributed by atoms with E-state index in [-0.39, 0.29) is 5.82 Å². The van der Waals surface area contributed by atoms with Crippen LogP contribution in [0.25, 0.3) is 22.3 Å². The maximum Gasteiger partial charge on any atom is 0.297 e. The van der Waals surface area contributed by atoms with E-state index in [0.717, 1.165) is 31.3 Å². The number of aliphatic hydroxyl groups excluding tert-OH is 2. The summed E-state index contributed by atoms with van der Waals surface area (Å²) in [5, 5.41) is 27.2. The molecule has 0 saturated carbocycles. The van der Waals surface area contributed by atoms with E-state index in [4.69, 9.17) is 14.1 Å². The molecule has 0 radical (unpaired) electrons. The predicted octanol–water partition coefficient (Wildman–Crippen LogP) is 2.63. The lowest BCUT2D eigenvalue weighted by molar-refractivity contribution is -0.137. The summed E-state index contributed by atoms with van der Waals surface area (Å²) in [5.41, 5.74) is 6.11. The molecule has 0 bridgehead atoms. The molecule has 45 heavy (non-hydrogen) atoms. The lowest BCUT2D eigenvalue weighted by Gasteiger charge is -2.16. The fraction of sp³-hybridized carbons (Fsp3) is 0.323. The van der Waals surface area contributed by atoms with Crippen molar-refractivity contribution < 1.29 is 24.2 Å². The summed E-state index contributed by atoms with van der Waals surface area (Å²) in [4.78, 5) is 32.6. The van der Waals surface area contributed by atoms with Crippen molar-refractivity contribution in [2.24, 2.45) is 0 Å². The van der Waals surface area contributed by atoms with Crippen LogP contribution in [0.5, 0.6) is 0 Å². The number of anilines is 2. The van der Waals surface area contributed by atoms with Gasteiger partial charge in [-0.2, -0.15) is 4.98 Å². The van der Waals surface area contributed by atoms with Crippen LogP contribution in [0.4, 0.5) is 11.8 Å². The number of hydrogen-bond acceptors (Lipinski definition) is 11. The third kappa shape index (κ3) is 5.79. The number of aliphatic hydroxyl groups is 2. The van der Waals surface area contributed by atoms with Gasteiger partial charge in [0.2, 0.25) is 5.82 Å². The molecule has 0 aliphatic carbocycles. The second kappa shape index (κ2) is 12.2. The number of benzene rings is 2. The lowest BCUT2D eigenvalue weighted by atomic mass is 10.0. The van der Waals surface area contributed by atoms with E-state index in [1.54, 1.807) is 0 Å². The molecular weight excluding hydrogens is 691 g/mol. The monoisotopic (exact) mass is 722 g/mol. The first-order chi connectivity index (χ1) is 21.5. The Morgan fingerprint density at radius 3 is 2.69 bits per heavy atom. The first-order valence-corrected chi connectivity index (χ1v) is 15.2. The first kappa shape index (κ1) is 30.7. The molecule has 0 spiro atoms. The minimum absolute atomic E-state index is 0.209. The van der Waals surface area contributed by atoms with Crippen LogP contribution in [0.15, 0.2) is 41.1 Å². The third-order valence-corrected chi connectivity index (χ3v) is 8.49. The van der Waals surface area contributed by atoms with Gasteiger partial charge >= 0.3 is 0 Å². The number of hydrogen-bond donors (Lipinski definition) is 4. The van der Waals surface area contributed by atoms with Crippen molar-refractivity contribution in [3.8, 4) is 11.8 Å². The molecule has 1 aliphatic rings. The quantitative estimate of drug-likeness (QED) is 0.151. The molecule has 6 rings (SSSR count). The van der Waals surface area contributed by atoms with Gasteiger partial charge in [0.25, 0.3) is 11.9 Å². The highest BCUT2D eigenvalue weighted by Crippen LogP contribution is 2.33. The van der Waals surface area contributed by atoms with Crippen molar-refractivity contribution in [2.75, 3.05) is 31.4 Å². The summed E-state index contributed by atoms with van der Waals surface area (Å²) in [6, 6.07) is 10.4. The molecular formula is C31H31IN8O5. The van der Waals surface area contributed by atoms with Crippen LogP contribution in [0.2, 0.25) is 0 Å². The van der Waals surface area contributed by atoms with Gasteiger partial charge in [0.15, 0.2) is 34.9 Å². The van der Waals surface area contributed by atoms with Gasteiger partial charge in [0, 0.05) is 33.3 Å². The number of rotatable bonds is 6. The van der Waals surface area contributed by atoms with Crippen LogP contribution < -0.4 is 15.5 Å². The van der Waals surface area contributed by atoms with E-state index in [1.165, 1.54) is 17.9 Å². The molecule has 1 fully saturated rings. The van der Waals surface area contributed by atoms with E-state index < -0.39 is 30.4 Å². The molecule has 3 aromatic heterocycles. The molecule has 5 aromatic rings. The minimum Gasteiger partial charge on any atom is -0.422 e. The molecule has 4 heterocycles. The molecule has 4 atom stereocenters. The van der Waals surface area contributed by atoms with E-state index in [2.05, 4.69) is 60.0 Å². The van der Waals surface area contributed by atoms with Crippen LogP contribution in [-0.4, -0.2) is 80.1 Å². The average Bonchev–Trinajstić information content (AvgIpc) is 3.72. The van der Waals surface area contributed by atoms with Gasteiger partial charge in [-0.25, -0.2) is 15.0 Å². The molecule has 232 valence electrons. The van der Waals surface area contributed by atoms with E-state index in [9.17, 15) is 15.0 Å². The number of halogens is 1. The maximum absolute atomic E-state index is 12.3. The van der Waals surface area contributed by atoms with Crippen LogP contribution in [0, 0.1) is 29.3 Å². The summed E-state index contributed by atoms with van der Waals surface area (Å²) in [7, 11) is 5.17. The zero-order chi connectivity index (χ0) is 32.0. The second-order valence-electron chi connectivity index (χ2n) is 10.9. The second-order valence-corrected chi connectivity index (χ2v) is 12.1. The number of carbonyl (C=O) groups is 1. The van der Waals surface area contributed by atoms with Crippen molar-refractivity contribution in [2.45, 2.75) is 44.9 Å². The van der Waals surface area contributed by atoms with Gasteiger partial charge in [-0.05, 0) is 77.2 Å². The van der Waals surface area contributed by atoms with Gasteiger partial charge in [0.05, 0.1) is 9.90 Å². The summed E-state index contributed by atoms with van der Waals surface area (Å²) >= 11 is 2.23. The van der Waals surface area contributed by atoms with E-state index in [0.29, 0.717) is 35.1 Å². The number of aromatic nitrogens is 5. The number of ether oxygens (including phenoxy) is 1. The number of nitrogens with one attached hydrogen (secondary N) is 2. The molecule has 1 aliphatic heterocycles. The summed E-state index contributed by atoms with van der Waals surface area (Å²) < 4.78 is 14.1. The Morgan fingerprint density at radius 2 is 1.93 bits per heavy atom. The van der Waals surface area contributed by atoms with Gasteiger partial charge in [-0.3, -0.25) is 9.36 Å². The number of carbonyl (C=O) groups excluding carboxylic acids is 1. The Hall–Kier alpha value is -4.30. The normalized spacial score (nSPS) is 19.5. The topological polar surface area (TPSA) is 164 Å². The first-order valence-electron chi connectivity index (χ1n) is 14.1. The van der Waals surface area contributed by atoms with Crippen molar-refractivity contribution in [1.29, 1.82) is 0 Å². The van der Waals surface area contributed by atoms with Crippen LogP contribution in [-0.2, 0) is 16.1 Å². The molecule has 1 amide bonds. The number of aryl methyl sites for hydroxylation is 1. The zero-order valence-corrected chi connectivity index (χ0v) is 27.3. The molecule has 4 N–H and O–H groups in total. The number of amides is 1. The van der Waals surface area contributed by atoms with Crippen molar-refractivity contribution in [1.82, 2.24) is 29.8 Å². The maximum atomic E-state index is 12.3. The minimum atomic E-state index is -1.45. The lowest BCUT2D eigenvalue weighted by Crippen LogP contribution is -2.41. The van der Waals surface area contributed by atoms with Crippen molar-refractivity contribution >= 4 is 62.6 Å². The highest BCUT2D eigenvalue weighted by atomic mass is 127. The van der Waals surface area contributed by atoms with Crippen molar-refractivity contribution in [3.05, 3.63) is 68.3 Å². The number of nitrogens with zero attached hydrogens (tertiary/aromatic N) is 6.